The lowest BCUT2D eigenvalue weighted by molar-refractivity contribution is 0.684. The van der Waals surface area contributed by atoms with Gasteiger partial charge in [-0.25, -0.2) is 4.98 Å². The maximum Gasteiger partial charge on any atom is 0.293 e. The minimum atomic E-state index is -0.0606. The van der Waals surface area contributed by atoms with E-state index >= 15 is 0 Å². The van der Waals surface area contributed by atoms with Crippen molar-refractivity contribution in [3.05, 3.63) is 22.7 Å². The van der Waals surface area contributed by atoms with E-state index in [1.807, 2.05) is 0 Å². The third kappa shape index (κ3) is 1.61. The number of nitrogens with zero attached hydrogens (tertiary/aromatic N) is 2. The topological polar surface area (TPSA) is 72.9 Å². The normalized spacial score (nSPS) is 21.8. The number of anilines is 1. The molecular weight excluding hydrogens is 204 g/mol. The molecule has 0 radical (unpaired) electrons. The van der Waals surface area contributed by atoms with E-state index in [0.29, 0.717) is 18.4 Å². The van der Waals surface area contributed by atoms with Crippen molar-refractivity contribution in [2.45, 2.75) is 37.3 Å². The number of hydrogen-bond acceptors (Lipinski definition) is 4. The van der Waals surface area contributed by atoms with Crippen LogP contribution >= 0.6 is 0 Å². The van der Waals surface area contributed by atoms with Crippen molar-refractivity contribution < 1.29 is 0 Å². The van der Waals surface area contributed by atoms with E-state index in [1.165, 1.54) is 0 Å². The molecule has 2 aliphatic rings. The zero-order valence-electron chi connectivity index (χ0n) is 9.15. The van der Waals surface area contributed by atoms with E-state index in [1.54, 1.807) is 17.0 Å². The van der Waals surface area contributed by atoms with Crippen LogP contribution in [0.2, 0.25) is 0 Å². The Labute approximate surface area is 93.7 Å². The van der Waals surface area contributed by atoms with Gasteiger partial charge in [0.25, 0.3) is 5.56 Å². The summed E-state index contributed by atoms with van der Waals surface area (Å²) in [7, 11) is 0. The minimum absolute atomic E-state index is 0.00951. The Kier molecular flexibility index (Phi) is 2.04. The zero-order valence-corrected chi connectivity index (χ0v) is 9.15. The summed E-state index contributed by atoms with van der Waals surface area (Å²) in [5, 5.41) is 3.20. The van der Waals surface area contributed by atoms with Gasteiger partial charge in [-0.1, -0.05) is 0 Å². The van der Waals surface area contributed by atoms with Gasteiger partial charge in [-0.05, 0) is 25.7 Å². The Morgan fingerprint density at radius 1 is 1.56 bits per heavy atom. The molecule has 0 atom stereocenters. The van der Waals surface area contributed by atoms with E-state index in [4.69, 9.17) is 5.73 Å². The number of rotatable bonds is 4. The van der Waals surface area contributed by atoms with Crippen LogP contribution in [0, 0.1) is 0 Å². The molecule has 2 aliphatic carbocycles. The number of hydrogen-bond donors (Lipinski definition) is 2. The first kappa shape index (κ1) is 9.84. The van der Waals surface area contributed by atoms with Crippen LogP contribution in [0.15, 0.2) is 17.2 Å². The standard InChI is InChI=1S/C11H16N4O/c12-7-11(3-4-11)14-9-10(16)15(6-5-13-9)8-1-2-8/h5-6,8H,1-4,7,12H2,(H,13,14). The number of nitrogens with two attached hydrogens (primary N) is 1. The predicted molar refractivity (Wildman–Crippen MR) is 61.4 cm³/mol. The van der Waals surface area contributed by atoms with E-state index in [-0.39, 0.29) is 11.1 Å². The summed E-state index contributed by atoms with van der Waals surface area (Å²) in [6.45, 7) is 0.562. The Bertz CT molecular complexity index is 459. The van der Waals surface area contributed by atoms with E-state index in [9.17, 15) is 4.79 Å². The Morgan fingerprint density at radius 2 is 2.31 bits per heavy atom. The lowest BCUT2D eigenvalue weighted by atomic mass is 10.3. The van der Waals surface area contributed by atoms with Gasteiger partial charge >= 0.3 is 0 Å². The van der Waals surface area contributed by atoms with Gasteiger partial charge in [0.1, 0.15) is 0 Å². The van der Waals surface area contributed by atoms with Gasteiger partial charge in [-0.15, -0.1) is 0 Å². The highest BCUT2D eigenvalue weighted by Crippen LogP contribution is 2.37. The van der Waals surface area contributed by atoms with Crippen molar-refractivity contribution in [1.82, 2.24) is 9.55 Å². The smallest absolute Gasteiger partial charge is 0.293 e. The van der Waals surface area contributed by atoms with Gasteiger partial charge in [-0.2, -0.15) is 0 Å². The number of nitrogens with one attached hydrogen (secondary N) is 1. The van der Waals surface area contributed by atoms with E-state index in [2.05, 4.69) is 10.3 Å². The fourth-order valence-corrected chi connectivity index (χ4v) is 1.93. The van der Waals surface area contributed by atoms with Crippen molar-refractivity contribution in [2.75, 3.05) is 11.9 Å². The molecule has 0 spiro atoms. The highest BCUT2D eigenvalue weighted by Gasteiger charge is 2.42. The predicted octanol–water partition coefficient (Wildman–Crippen LogP) is 0.481. The van der Waals surface area contributed by atoms with Crippen LogP contribution in [-0.4, -0.2) is 21.6 Å². The van der Waals surface area contributed by atoms with Crippen LogP contribution in [0.1, 0.15) is 31.7 Å². The Hall–Kier alpha value is -1.36. The summed E-state index contributed by atoms with van der Waals surface area (Å²) < 4.78 is 1.78. The molecule has 0 aromatic carbocycles. The molecule has 3 N–H and O–H groups in total. The van der Waals surface area contributed by atoms with Gasteiger partial charge < -0.3 is 15.6 Å². The summed E-state index contributed by atoms with van der Waals surface area (Å²) in [6, 6.07) is 0.393. The maximum atomic E-state index is 12.1. The second-order valence-corrected chi connectivity index (χ2v) is 4.83. The van der Waals surface area contributed by atoms with Crippen LogP contribution in [0.3, 0.4) is 0 Å². The highest BCUT2D eigenvalue weighted by atomic mass is 16.1. The summed E-state index contributed by atoms with van der Waals surface area (Å²) in [5.41, 5.74) is 5.61. The molecule has 5 nitrogen and oxygen atoms in total. The first-order chi connectivity index (χ1) is 7.74. The molecule has 2 saturated carbocycles. The summed E-state index contributed by atoms with van der Waals surface area (Å²) in [5.74, 6) is 0.456. The summed E-state index contributed by atoms with van der Waals surface area (Å²) in [6.07, 6.45) is 7.73. The summed E-state index contributed by atoms with van der Waals surface area (Å²) in [4.78, 5) is 16.2. The number of aromatic nitrogens is 2. The van der Waals surface area contributed by atoms with Crippen molar-refractivity contribution in [2.24, 2.45) is 5.73 Å². The van der Waals surface area contributed by atoms with Gasteiger partial charge in [0, 0.05) is 25.0 Å². The average Bonchev–Trinajstić information content (AvgIpc) is 3.14. The molecule has 5 heteroatoms. The second kappa shape index (κ2) is 3.31. The van der Waals surface area contributed by atoms with Gasteiger partial charge in [0.2, 0.25) is 0 Å². The van der Waals surface area contributed by atoms with Crippen LogP contribution in [0.4, 0.5) is 5.82 Å². The molecule has 1 heterocycles. The van der Waals surface area contributed by atoms with Crippen molar-refractivity contribution in [3.63, 3.8) is 0 Å². The molecule has 0 amide bonds. The summed E-state index contributed by atoms with van der Waals surface area (Å²) >= 11 is 0. The SMILES string of the molecule is NCC1(Nc2nccn(C3CC3)c2=O)CC1. The third-order valence-electron chi connectivity index (χ3n) is 3.44. The third-order valence-corrected chi connectivity index (χ3v) is 3.44. The fourth-order valence-electron chi connectivity index (χ4n) is 1.93. The Morgan fingerprint density at radius 3 is 2.88 bits per heavy atom. The maximum absolute atomic E-state index is 12.1. The monoisotopic (exact) mass is 220 g/mol. The second-order valence-electron chi connectivity index (χ2n) is 4.83. The van der Waals surface area contributed by atoms with Crippen LogP contribution in [-0.2, 0) is 0 Å². The molecule has 16 heavy (non-hydrogen) atoms. The van der Waals surface area contributed by atoms with E-state index in [0.717, 1.165) is 25.7 Å². The molecule has 1 aromatic heterocycles. The molecular formula is C11H16N4O. The average molecular weight is 220 g/mol. The lowest BCUT2D eigenvalue weighted by Gasteiger charge is -2.15. The first-order valence-electron chi connectivity index (χ1n) is 5.79. The van der Waals surface area contributed by atoms with Gasteiger partial charge in [0.15, 0.2) is 5.82 Å². The molecule has 0 bridgehead atoms. The van der Waals surface area contributed by atoms with Gasteiger partial charge in [0.05, 0.1) is 5.54 Å². The lowest BCUT2D eigenvalue weighted by Crippen LogP contribution is -2.35. The van der Waals surface area contributed by atoms with Crippen molar-refractivity contribution in [3.8, 4) is 0 Å². The molecule has 1 aromatic rings. The van der Waals surface area contributed by atoms with E-state index < -0.39 is 0 Å². The van der Waals surface area contributed by atoms with Crippen LogP contribution in [0.5, 0.6) is 0 Å². The molecule has 3 rings (SSSR count). The molecule has 0 saturated heterocycles. The largest absolute Gasteiger partial charge is 0.359 e. The fraction of sp³-hybridized carbons (Fsp3) is 0.636. The molecule has 0 aliphatic heterocycles. The first-order valence-corrected chi connectivity index (χ1v) is 5.79. The minimum Gasteiger partial charge on any atom is -0.359 e. The quantitative estimate of drug-likeness (QED) is 0.774. The molecule has 86 valence electrons. The molecule has 2 fully saturated rings. The zero-order chi connectivity index (χ0) is 11.2. The highest BCUT2D eigenvalue weighted by molar-refractivity contribution is 5.38. The van der Waals surface area contributed by atoms with Crippen LogP contribution < -0.4 is 16.6 Å². The Balaban J connectivity index is 1.89. The van der Waals surface area contributed by atoms with Crippen molar-refractivity contribution in [1.29, 1.82) is 0 Å². The van der Waals surface area contributed by atoms with Crippen LogP contribution in [0.25, 0.3) is 0 Å². The van der Waals surface area contributed by atoms with Crippen molar-refractivity contribution >= 4 is 5.82 Å². The van der Waals surface area contributed by atoms with Gasteiger partial charge in [-0.3, -0.25) is 4.79 Å². The molecule has 0 unspecified atom stereocenters.